The highest BCUT2D eigenvalue weighted by atomic mass is 19.4. The van der Waals surface area contributed by atoms with Crippen molar-refractivity contribution in [3.8, 4) is 0 Å². The molecule has 2 amide bonds. The number of aliphatic hydroxyl groups is 1. The molecule has 3 aromatic rings. The Labute approximate surface area is 209 Å². The lowest BCUT2D eigenvalue weighted by Gasteiger charge is -2.23. The SMILES string of the molecule is Cn1cc(C(=CC=CC(=O)Nc2cccc3c2CC(O)C(=O)N3)c2ccc(C(F)(F)F)cc2)ccc1=O. The second-order valence-electron chi connectivity index (χ2n) is 8.41. The first-order valence-corrected chi connectivity index (χ1v) is 11.2. The van der Waals surface area contributed by atoms with Crippen LogP contribution in [0.25, 0.3) is 5.57 Å². The van der Waals surface area contributed by atoms with Gasteiger partial charge in [-0.3, -0.25) is 14.4 Å². The summed E-state index contributed by atoms with van der Waals surface area (Å²) in [6, 6.07) is 12.4. The molecule has 190 valence electrons. The van der Waals surface area contributed by atoms with Crippen molar-refractivity contribution in [1.82, 2.24) is 4.57 Å². The number of carbonyl (C=O) groups excluding carboxylic acids is 2. The van der Waals surface area contributed by atoms with Crippen LogP contribution in [0.4, 0.5) is 24.5 Å². The molecule has 1 aliphatic heterocycles. The van der Waals surface area contributed by atoms with Crippen LogP contribution >= 0.6 is 0 Å². The third kappa shape index (κ3) is 5.87. The molecule has 1 unspecified atom stereocenters. The molecule has 0 saturated heterocycles. The minimum absolute atomic E-state index is 0.0477. The Morgan fingerprint density at radius 1 is 1.08 bits per heavy atom. The molecule has 0 saturated carbocycles. The number of aryl methyl sites for hydroxylation is 1. The Morgan fingerprint density at radius 2 is 1.78 bits per heavy atom. The summed E-state index contributed by atoms with van der Waals surface area (Å²) >= 11 is 0. The number of pyridine rings is 1. The first kappa shape index (κ1) is 25.6. The van der Waals surface area contributed by atoms with E-state index in [9.17, 15) is 32.7 Å². The van der Waals surface area contributed by atoms with Crippen molar-refractivity contribution < 1.29 is 27.9 Å². The number of halogens is 3. The fourth-order valence-electron chi connectivity index (χ4n) is 3.90. The number of fused-ring (bicyclic) bond motifs is 1. The number of nitrogens with zero attached hydrogens (tertiary/aromatic N) is 1. The number of amides is 2. The number of carbonyl (C=O) groups is 2. The largest absolute Gasteiger partial charge is 0.416 e. The molecule has 7 nitrogen and oxygen atoms in total. The lowest BCUT2D eigenvalue weighted by molar-refractivity contribution is -0.137. The van der Waals surface area contributed by atoms with Gasteiger partial charge in [-0.1, -0.05) is 30.4 Å². The van der Waals surface area contributed by atoms with Crippen LogP contribution in [-0.2, 0) is 29.2 Å². The Morgan fingerprint density at radius 3 is 2.46 bits per heavy atom. The molecular weight excluding hydrogens is 487 g/mol. The summed E-state index contributed by atoms with van der Waals surface area (Å²) in [4.78, 5) is 36.1. The van der Waals surface area contributed by atoms with E-state index in [1.807, 2.05) is 0 Å². The number of anilines is 2. The van der Waals surface area contributed by atoms with Crippen LogP contribution in [0.2, 0.25) is 0 Å². The molecule has 2 aromatic carbocycles. The molecule has 0 spiro atoms. The average Bonchev–Trinajstić information content (AvgIpc) is 2.84. The lowest BCUT2D eigenvalue weighted by atomic mass is 9.97. The van der Waals surface area contributed by atoms with Crippen molar-refractivity contribution in [3.05, 3.63) is 112 Å². The van der Waals surface area contributed by atoms with Crippen LogP contribution in [0, 0.1) is 0 Å². The quantitative estimate of drug-likeness (QED) is 0.359. The summed E-state index contributed by atoms with van der Waals surface area (Å²) in [5.74, 6) is -1.02. The Kier molecular flexibility index (Phi) is 7.12. The second-order valence-corrected chi connectivity index (χ2v) is 8.41. The summed E-state index contributed by atoms with van der Waals surface area (Å²) in [5, 5.41) is 15.2. The van der Waals surface area contributed by atoms with Crippen LogP contribution in [-0.4, -0.2) is 27.6 Å². The van der Waals surface area contributed by atoms with E-state index in [1.165, 1.54) is 34.9 Å². The number of benzene rings is 2. The Bertz CT molecular complexity index is 1470. The van der Waals surface area contributed by atoms with Crippen molar-refractivity contribution >= 4 is 28.8 Å². The van der Waals surface area contributed by atoms with E-state index in [0.29, 0.717) is 33.6 Å². The van der Waals surface area contributed by atoms with Gasteiger partial charge in [0.05, 0.1) is 5.56 Å². The minimum Gasteiger partial charge on any atom is -0.383 e. The predicted molar refractivity (Wildman–Crippen MR) is 133 cm³/mol. The van der Waals surface area contributed by atoms with E-state index in [-0.39, 0.29) is 12.0 Å². The van der Waals surface area contributed by atoms with Gasteiger partial charge in [-0.05, 0) is 47.0 Å². The summed E-state index contributed by atoms with van der Waals surface area (Å²) in [6.45, 7) is 0. The van der Waals surface area contributed by atoms with Crippen molar-refractivity contribution in [1.29, 1.82) is 0 Å². The maximum atomic E-state index is 13.0. The fraction of sp³-hybridized carbons (Fsp3) is 0.148. The highest BCUT2D eigenvalue weighted by Gasteiger charge is 2.30. The van der Waals surface area contributed by atoms with Gasteiger partial charge in [0.2, 0.25) is 11.5 Å². The molecule has 1 aliphatic rings. The van der Waals surface area contributed by atoms with Crippen LogP contribution in [0.5, 0.6) is 0 Å². The van der Waals surface area contributed by atoms with E-state index < -0.39 is 29.7 Å². The molecule has 3 N–H and O–H groups in total. The minimum atomic E-state index is -4.48. The van der Waals surface area contributed by atoms with Gasteiger partial charge in [0.1, 0.15) is 6.10 Å². The zero-order chi connectivity index (χ0) is 26.7. The summed E-state index contributed by atoms with van der Waals surface area (Å²) in [6.07, 6.45) is 0.140. The molecule has 1 atom stereocenters. The summed E-state index contributed by atoms with van der Waals surface area (Å²) < 4.78 is 40.4. The standard InChI is InChI=1S/C27H22F3N3O4/c1-33-15-17(10-13-25(33)36)19(16-8-11-18(12-9-16)27(28,29)30)4-2-7-24(35)31-21-5-3-6-22-20(21)14-23(34)26(37)32-22/h2-13,15,23,34H,14H2,1H3,(H,31,35)(H,32,37). The monoisotopic (exact) mass is 509 g/mol. The molecule has 1 aromatic heterocycles. The van der Waals surface area contributed by atoms with E-state index >= 15 is 0 Å². The summed E-state index contributed by atoms with van der Waals surface area (Å²) in [5.41, 5.74) is 1.98. The average molecular weight is 509 g/mol. The van der Waals surface area contributed by atoms with E-state index in [2.05, 4.69) is 10.6 Å². The van der Waals surface area contributed by atoms with E-state index in [0.717, 1.165) is 12.1 Å². The molecule has 37 heavy (non-hydrogen) atoms. The smallest absolute Gasteiger partial charge is 0.383 e. The molecule has 0 aliphatic carbocycles. The van der Waals surface area contributed by atoms with E-state index in [4.69, 9.17) is 0 Å². The molecule has 10 heteroatoms. The number of aromatic nitrogens is 1. The molecule has 2 heterocycles. The van der Waals surface area contributed by atoms with E-state index in [1.54, 1.807) is 43.6 Å². The molecule has 0 fully saturated rings. The van der Waals surface area contributed by atoms with Gasteiger partial charge >= 0.3 is 6.18 Å². The second kappa shape index (κ2) is 10.3. The van der Waals surface area contributed by atoms with Gasteiger partial charge in [0.15, 0.2) is 0 Å². The van der Waals surface area contributed by atoms with Crippen molar-refractivity contribution in [2.45, 2.75) is 18.7 Å². The van der Waals surface area contributed by atoms with Crippen molar-refractivity contribution in [2.24, 2.45) is 7.05 Å². The van der Waals surface area contributed by atoms with Gasteiger partial charge in [-0.25, -0.2) is 0 Å². The number of alkyl halides is 3. The zero-order valence-corrected chi connectivity index (χ0v) is 19.5. The van der Waals surface area contributed by atoms with Crippen LogP contribution < -0.4 is 16.2 Å². The van der Waals surface area contributed by atoms with Crippen molar-refractivity contribution in [3.63, 3.8) is 0 Å². The van der Waals surface area contributed by atoms with Gasteiger partial charge in [0.25, 0.3) is 5.91 Å². The third-order valence-electron chi connectivity index (χ3n) is 5.82. The van der Waals surface area contributed by atoms with Gasteiger partial charge < -0.3 is 20.3 Å². The van der Waals surface area contributed by atoms with Crippen LogP contribution in [0.1, 0.15) is 22.3 Å². The molecular formula is C27H22F3N3O4. The highest BCUT2D eigenvalue weighted by Crippen LogP contribution is 2.32. The first-order chi connectivity index (χ1) is 17.5. The normalized spacial score (nSPS) is 15.9. The van der Waals surface area contributed by atoms with Crippen LogP contribution in [0.3, 0.4) is 0 Å². The topological polar surface area (TPSA) is 100 Å². The fourth-order valence-corrected chi connectivity index (χ4v) is 3.90. The van der Waals surface area contributed by atoms with Crippen LogP contribution in [0.15, 0.2) is 83.8 Å². The molecule has 0 bridgehead atoms. The Balaban J connectivity index is 1.61. The summed E-state index contributed by atoms with van der Waals surface area (Å²) in [7, 11) is 1.55. The number of aliphatic hydroxyl groups excluding tert-OH is 1. The molecule has 0 radical (unpaired) electrons. The zero-order valence-electron chi connectivity index (χ0n) is 19.5. The van der Waals surface area contributed by atoms with Gasteiger partial charge in [-0.2, -0.15) is 13.2 Å². The van der Waals surface area contributed by atoms with Gasteiger partial charge in [-0.15, -0.1) is 0 Å². The number of nitrogens with one attached hydrogen (secondary N) is 2. The third-order valence-corrected chi connectivity index (χ3v) is 5.82. The lowest BCUT2D eigenvalue weighted by Crippen LogP contribution is -2.34. The maximum absolute atomic E-state index is 13.0. The number of allylic oxidation sites excluding steroid dienone is 2. The highest BCUT2D eigenvalue weighted by molar-refractivity contribution is 6.03. The van der Waals surface area contributed by atoms with Gasteiger partial charge in [0, 0.05) is 48.7 Å². The first-order valence-electron chi connectivity index (χ1n) is 11.2. The van der Waals surface area contributed by atoms with Crippen molar-refractivity contribution in [2.75, 3.05) is 10.6 Å². The Hall–Kier alpha value is -4.44. The maximum Gasteiger partial charge on any atom is 0.416 e. The predicted octanol–water partition coefficient (Wildman–Crippen LogP) is 3.89. The molecule has 4 rings (SSSR count). The number of hydrogen-bond acceptors (Lipinski definition) is 4. The number of rotatable bonds is 5. The number of hydrogen-bond donors (Lipinski definition) is 3.